The number of likely N-dealkylation sites (N-methyl/N-ethyl adjacent to an activating group) is 1. The van der Waals surface area contributed by atoms with Gasteiger partial charge in [0.1, 0.15) is 23.9 Å². The highest BCUT2D eigenvalue weighted by Crippen LogP contribution is 2.20. The van der Waals surface area contributed by atoms with Crippen LogP contribution in [0, 0.1) is 6.92 Å². The van der Waals surface area contributed by atoms with Crippen molar-refractivity contribution in [3.8, 4) is 5.75 Å². The zero-order valence-electron chi connectivity index (χ0n) is 15.8. The van der Waals surface area contributed by atoms with Crippen molar-refractivity contribution in [2.45, 2.75) is 18.4 Å². The van der Waals surface area contributed by atoms with Gasteiger partial charge in [-0.2, -0.15) is 4.31 Å². The van der Waals surface area contributed by atoms with E-state index < -0.39 is 10.0 Å². The van der Waals surface area contributed by atoms with Crippen LogP contribution in [0.15, 0.2) is 45.7 Å². The van der Waals surface area contributed by atoms with Crippen LogP contribution in [-0.2, 0) is 21.3 Å². The van der Waals surface area contributed by atoms with E-state index in [1.165, 1.54) is 4.31 Å². The average Bonchev–Trinajstić information content (AvgIpc) is 3.07. The van der Waals surface area contributed by atoms with Crippen molar-refractivity contribution in [2.24, 2.45) is 0 Å². The lowest BCUT2D eigenvalue weighted by atomic mass is 10.3. The van der Waals surface area contributed by atoms with E-state index in [-0.39, 0.29) is 4.90 Å². The fourth-order valence-electron chi connectivity index (χ4n) is 2.88. The van der Waals surface area contributed by atoms with Gasteiger partial charge in [-0.1, -0.05) is 0 Å². The van der Waals surface area contributed by atoms with Crippen LogP contribution >= 0.6 is 0 Å². The largest absolute Gasteiger partial charge is 0.492 e. The van der Waals surface area contributed by atoms with Crippen LogP contribution < -0.4 is 4.74 Å². The average molecular weight is 394 g/mol. The predicted octanol–water partition coefficient (Wildman–Crippen LogP) is 2.12. The number of sulfonamides is 1. The molecule has 0 saturated carbocycles. The van der Waals surface area contributed by atoms with Gasteiger partial charge >= 0.3 is 0 Å². The second kappa shape index (κ2) is 8.88. The SMILES string of the molecule is Cc1ccc(CN(C)CCOc2ccc(S(=O)(=O)N3CCOCC3)cc2)o1. The van der Waals surface area contributed by atoms with Crippen LogP contribution in [0.2, 0.25) is 0 Å². The summed E-state index contributed by atoms with van der Waals surface area (Å²) in [5.74, 6) is 2.48. The molecule has 2 heterocycles. The van der Waals surface area contributed by atoms with Crippen molar-refractivity contribution in [1.82, 2.24) is 9.21 Å². The molecule has 2 aromatic rings. The Labute approximate surface area is 160 Å². The van der Waals surface area contributed by atoms with E-state index in [4.69, 9.17) is 13.9 Å². The number of nitrogens with zero attached hydrogens (tertiary/aromatic N) is 2. The quantitative estimate of drug-likeness (QED) is 0.683. The molecule has 1 aliphatic heterocycles. The first-order valence-corrected chi connectivity index (χ1v) is 10.4. The normalized spacial score (nSPS) is 16.0. The fourth-order valence-corrected chi connectivity index (χ4v) is 4.29. The van der Waals surface area contributed by atoms with Crippen molar-refractivity contribution in [1.29, 1.82) is 0 Å². The van der Waals surface area contributed by atoms with Gasteiger partial charge in [-0.05, 0) is 50.4 Å². The second-order valence-corrected chi connectivity index (χ2v) is 8.52. The van der Waals surface area contributed by atoms with Crippen LogP contribution in [0.25, 0.3) is 0 Å². The lowest BCUT2D eigenvalue weighted by Crippen LogP contribution is -2.40. The number of hydrogen-bond donors (Lipinski definition) is 0. The molecule has 1 aromatic carbocycles. The Hall–Kier alpha value is -1.87. The molecule has 3 rings (SSSR count). The Morgan fingerprint density at radius 1 is 1.11 bits per heavy atom. The molecule has 148 valence electrons. The van der Waals surface area contributed by atoms with E-state index in [2.05, 4.69) is 4.90 Å². The Kier molecular flexibility index (Phi) is 6.54. The molecule has 0 spiro atoms. The molecule has 7 nitrogen and oxygen atoms in total. The van der Waals surface area contributed by atoms with Gasteiger partial charge in [0.2, 0.25) is 10.0 Å². The van der Waals surface area contributed by atoms with Crippen molar-refractivity contribution in [2.75, 3.05) is 46.5 Å². The van der Waals surface area contributed by atoms with Gasteiger partial charge in [-0.15, -0.1) is 0 Å². The Bertz CT molecular complexity index is 826. The van der Waals surface area contributed by atoms with Crippen molar-refractivity contribution in [3.05, 3.63) is 47.9 Å². The number of furan rings is 1. The van der Waals surface area contributed by atoms with Gasteiger partial charge < -0.3 is 13.9 Å². The maximum absolute atomic E-state index is 12.6. The first-order chi connectivity index (χ1) is 12.9. The third-order valence-electron chi connectivity index (χ3n) is 4.40. The molecule has 0 aliphatic carbocycles. The third kappa shape index (κ3) is 5.32. The van der Waals surface area contributed by atoms with E-state index in [9.17, 15) is 8.42 Å². The first kappa shape index (κ1) is 19.9. The maximum atomic E-state index is 12.6. The van der Waals surface area contributed by atoms with Gasteiger partial charge in [0, 0.05) is 19.6 Å². The molecule has 0 atom stereocenters. The minimum Gasteiger partial charge on any atom is -0.492 e. The summed E-state index contributed by atoms with van der Waals surface area (Å²) >= 11 is 0. The summed E-state index contributed by atoms with van der Waals surface area (Å²) in [5.41, 5.74) is 0. The Balaban J connectivity index is 1.48. The van der Waals surface area contributed by atoms with Crippen LogP contribution in [0.5, 0.6) is 5.75 Å². The lowest BCUT2D eigenvalue weighted by Gasteiger charge is -2.26. The number of morpholine rings is 1. The molecule has 1 aliphatic rings. The molecule has 0 N–H and O–H groups in total. The first-order valence-electron chi connectivity index (χ1n) is 9.00. The van der Waals surface area contributed by atoms with Crippen LogP contribution in [0.3, 0.4) is 0 Å². The molecule has 0 unspecified atom stereocenters. The molecule has 0 bridgehead atoms. The standard InChI is InChI=1S/C19H26N2O5S/c1-16-3-4-18(26-16)15-20(2)9-14-25-17-5-7-19(8-6-17)27(22,23)21-10-12-24-13-11-21/h3-8H,9-15H2,1-2H3. The number of benzene rings is 1. The molecule has 1 aromatic heterocycles. The maximum Gasteiger partial charge on any atom is 0.243 e. The van der Waals surface area contributed by atoms with E-state index in [1.807, 2.05) is 26.1 Å². The van der Waals surface area contributed by atoms with E-state index >= 15 is 0 Å². The molecule has 0 radical (unpaired) electrons. The zero-order valence-corrected chi connectivity index (χ0v) is 16.6. The van der Waals surface area contributed by atoms with Crippen molar-refractivity contribution >= 4 is 10.0 Å². The van der Waals surface area contributed by atoms with Crippen LogP contribution in [0.4, 0.5) is 0 Å². The van der Waals surface area contributed by atoms with Gasteiger partial charge in [0.15, 0.2) is 0 Å². The summed E-state index contributed by atoms with van der Waals surface area (Å²) < 4.78 is 43.1. The molecule has 1 fully saturated rings. The molecule has 27 heavy (non-hydrogen) atoms. The minimum absolute atomic E-state index is 0.280. The summed E-state index contributed by atoms with van der Waals surface area (Å²) in [6.07, 6.45) is 0. The van der Waals surface area contributed by atoms with E-state index in [1.54, 1.807) is 24.3 Å². The Morgan fingerprint density at radius 3 is 2.44 bits per heavy atom. The molecule has 1 saturated heterocycles. The van der Waals surface area contributed by atoms with Gasteiger partial charge in [-0.25, -0.2) is 8.42 Å². The summed E-state index contributed by atoms with van der Waals surface area (Å²) in [5, 5.41) is 0. The predicted molar refractivity (Wildman–Crippen MR) is 101 cm³/mol. The lowest BCUT2D eigenvalue weighted by molar-refractivity contribution is 0.0730. The van der Waals surface area contributed by atoms with Crippen LogP contribution in [0.1, 0.15) is 11.5 Å². The fraction of sp³-hybridized carbons (Fsp3) is 0.474. The van der Waals surface area contributed by atoms with Crippen molar-refractivity contribution < 1.29 is 22.3 Å². The monoisotopic (exact) mass is 394 g/mol. The summed E-state index contributed by atoms with van der Waals surface area (Å²) in [6, 6.07) is 10.5. The smallest absolute Gasteiger partial charge is 0.243 e. The van der Waals surface area contributed by atoms with Crippen LogP contribution in [-0.4, -0.2) is 64.1 Å². The number of rotatable bonds is 8. The Morgan fingerprint density at radius 2 is 1.81 bits per heavy atom. The zero-order chi connectivity index (χ0) is 19.3. The van der Waals surface area contributed by atoms with Crippen molar-refractivity contribution in [3.63, 3.8) is 0 Å². The number of ether oxygens (including phenoxy) is 2. The highest BCUT2D eigenvalue weighted by molar-refractivity contribution is 7.89. The second-order valence-electron chi connectivity index (χ2n) is 6.59. The van der Waals surface area contributed by atoms with Gasteiger partial charge in [0.25, 0.3) is 0 Å². The minimum atomic E-state index is -3.47. The van der Waals surface area contributed by atoms with E-state index in [0.717, 1.165) is 18.1 Å². The third-order valence-corrected chi connectivity index (χ3v) is 6.31. The van der Waals surface area contributed by atoms with Gasteiger partial charge in [0.05, 0.1) is 24.7 Å². The summed E-state index contributed by atoms with van der Waals surface area (Å²) in [4.78, 5) is 2.39. The van der Waals surface area contributed by atoms with E-state index in [0.29, 0.717) is 45.2 Å². The molecular formula is C19H26N2O5S. The number of hydrogen-bond acceptors (Lipinski definition) is 6. The summed E-state index contributed by atoms with van der Waals surface area (Å²) in [7, 11) is -1.47. The topological polar surface area (TPSA) is 72.2 Å². The molecule has 0 amide bonds. The molecule has 8 heteroatoms. The molecular weight excluding hydrogens is 368 g/mol. The highest BCUT2D eigenvalue weighted by atomic mass is 32.2. The highest BCUT2D eigenvalue weighted by Gasteiger charge is 2.26. The summed E-state index contributed by atoms with van der Waals surface area (Å²) in [6.45, 7) is 5.53. The number of aryl methyl sites for hydroxylation is 1. The van der Waals surface area contributed by atoms with Gasteiger partial charge in [-0.3, -0.25) is 4.90 Å².